The lowest BCUT2D eigenvalue weighted by molar-refractivity contribution is 0.617. The van der Waals surface area contributed by atoms with Crippen LogP contribution >= 0.6 is 0 Å². The van der Waals surface area contributed by atoms with Gasteiger partial charge in [-0.3, -0.25) is 0 Å². The molecule has 1 aliphatic rings. The van der Waals surface area contributed by atoms with Gasteiger partial charge in [0.05, 0.1) is 0 Å². The van der Waals surface area contributed by atoms with Gasteiger partial charge in [0.2, 0.25) is 5.95 Å². The fraction of sp³-hybridized carbons (Fsp3) is 0.667. The molecule has 0 aliphatic heterocycles. The molecule has 0 spiro atoms. The maximum absolute atomic E-state index is 4.38. The fourth-order valence-electron chi connectivity index (χ4n) is 2.19. The molecule has 1 aliphatic carbocycles. The van der Waals surface area contributed by atoms with E-state index in [0.717, 1.165) is 5.82 Å². The quantitative estimate of drug-likeness (QED) is 0.769. The molecule has 2 N–H and O–H groups in total. The Bertz CT molecular complexity index is 319. The van der Waals surface area contributed by atoms with Crippen LogP contribution in [0.15, 0.2) is 12.3 Å². The lowest BCUT2D eigenvalue weighted by atomic mass is 10.1. The molecule has 16 heavy (non-hydrogen) atoms. The van der Waals surface area contributed by atoms with E-state index < -0.39 is 0 Å². The van der Waals surface area contributed by atoms with E-state index in [1.807, 2.05) is 13.1 Å². The van der Waals surface area contributed by atoms with Gasteiger partial charge in [0.1, 0.15) is 5.82 Å². The van der Waals surface area contributed by atoms with Crippen LogP contribution in [0.2, 0.25) is 0 Å². The molecule has 0 amide bonds. The molecule has 0 unspecified atom stereocenters. The van der Waals surface area contributed by atoms with Gasteiger partial charge in [-0.15, -0.1) is 0 Å². The van der Waals surface area contributed by atoms with E-state index in [1.54, 1.807) is 6.20 Å². The molecule has 0 aromatic carbocycles. The van der Waals surface area contributed by atoms with Gasteiger partial charge in [0, 0.05) is 19.3 Å². The van der Waals surface area contributed by atoms with Crippen LogP contribution in [0.5, 0.6) is 0 Å². The van der Waals surface area contributed by atoms with Gasteiger partial charge in [0.25, 0.3) is 0 Å². The lowest BCUT2D eigenvalue weighted by Crippen LogP contribution is -2.19. The summed E-state index contributed by atoms with van der Waals surface area (Å²) >= 11 is 0. The van der Waals surface area contributed by atoms with E-state index in [2.05, 4.69) is 20.6 Å². The zero-order chi connectivity index (χ0) is 11.2. The zero-order valence-electron chi connectivity index (χ0n) is 9.87. The number of anilines is 2. The molecule has 0 radical (unpaired) electrons. The van der Waals surface area contributed by atoms with Crippen LogP contribution in [0.4, 0.5) is 11.8 Å². The Labute approximate surface area is 96.9 Å². The van der Waals surface area contributed by atoms with Gasteiger partial charge in [-0.1, -0.05) is 25.7 Å². The summed E-state index contributed by atoms with van der Waals surface area (Å²) in [4.78, 5) is 8.49. The molecule has 2 rings (SSSR count). The van der Waals surface area contributed by atoms with Crippen molar-refractivity contribution < 1.29 is 0 Å². The first-order chi connectivity index (χ1) is 7.88. The van der Waals surface area contributed by atoms with Crippen molar-refractivity contribution in [3.8, 4) is 0 Å². The molecular formula is C12H20N4. The number of rotatable bonds is 3. The zero-order valence-corrected chi connectivity index (χ0v) is 9.87. The van der Waals surface area contributed by atoms with Gasteiger partial charge < -0.3 is 10.6 Å². The van der Waals surface area contributed by atoms with Crippen LogP contribution in [0, 0.1) is 0 Å². The third-order valence-corrected chi connectivity index (χ3v) is 3.09. The van der Waals surface area contributed by atoms with E-state index in [9.17, 15) is 0 Å². The van der Waals surface area contributed by atoms with E-state index in [4.69, 9.17) is 0 Å². The summed E-state index contributed by atoms with van der Waals surface area (Å²) in [5.41, 5.74) is 0. The Balaban J connectivity index is 1.96. The molecule has 0 bridgehead atoms. The van der Waals surface area contributed by atoms with Crippen LogP contribution < -0.4 is 10.6 Å². The minimum absolute atomic E-state index is 0.585. The SMILES string of the molecule is CNc1nccc(NC2CCCCCC2)n1. The first-order valence-corrected chi connectivity index (χ1v) is 6.16. The minimum atomic E-state index is 0.585. The molecule has 4 nitrogen and oxygen atoms in total. The van der Waals surface area contributed by atoms with Crippen molar-refractivity contribution in [1.29, 1.82) is 0 Å². The average Bonchev–Trinajstić information content (AvgIpc) is 2.58. The third-order valence-electron chi connectivity index (χ3n) is 3.09. The van der Waals surface area contributed by atoms with E-state index >= 15 is 0 Å². The van der Waals surface area contributed by atoms with Crippen molar-refractivity contribution in [2.24, 2.45) is 0 Å². The summed E-state index contributed by atoms with van der Waals surface area (Å²) in [6, 6.07) is 2.52. The topological polar surface area (TPSA) is 49.8 Å². The standard InChI is InChI=1S/C12H20N4/c1-13-12-14-9-8-11(16-12)15-10-6-4-2-3-5-7-10/h8-10H,2-7H2,1H3,(H2,13,14,15,16). The third kappa shape index (κ3) is 3.08. The predicted octanol–water partition coefficient (Wildman–Crippen LogP) is 2.65. The van der Waals surface area contributed by atoms with Gasteiger partial charge in [-0.05, 0) is 18.9 Å². The molecule has 1 aromatic rings. The number of nitrogens with zero attached hydrogens (tertiary/aromatic N) is 2. The highest BCUT2D eigenvalue weighted by molar-refractivity contribution is 5.39. The smallest absolute Gasteiger partial charge is 0.224 e. The van der Waals surface area contributed by atoms with E-state index in [-0.39, 0.29) is 0 Å². The Morgan fingerprint density at radius 1 is 1.19 bits per heavy atom. The van der Waals surface area contributed by atoms with E-state index in [0.29, 0.717) is 12.0 Å². The van der Waals surface area contributed by atoms with Crippen molar-refractivity contribution in [1.82, 2.24) is 9.97 Å². The van der Waals surface area contributed by atoms with Gasteiger partial charge >= 0.3 is 0 Å². The second-order valence-electron chi connectivity index (χ2n) is 4.35. The molecule has 4 heteroatoms. The van der Waals surface area contributed by atoms with Crippen molar-refractivity contribution in [3.63, 3.8) is 0 Å². The molecule has 1 saturated carbocycles. The van der Waals surface area contributed by atoms with Gasteiger partial charge in [0.15, 0.2) is 0 Å². The highest BCUT2D eigenvalue weighted by atomic mass is 15.1. The maximum Gasteiger partial charge on any atom is 0.224 e. The largest absolute Gasteiger partial charge is 0.367 e. The molecule has 0 atom stereocenters. The summed E-state index contributed by atoms with van der Waals surface area (Å²) in [7, 11) is 1.84. The van der Waals surface area contributed by atoms with Crippen molar-refractivity contribution in [3.05, 3.63) is 12.3 Å². The van der Waals surface area contributed by atoms with Gasteiger partial charge in [-0.25, -0.2) is 4.98 Å². The molecule has 1 fully saturated rings. The molecular weight excluding hydrogens is 200 g/mol. The van der Waals surface area contributed by atoms with Crippen molar-refractivity contribution in [2.75, 3.05) is 17.7 Å². The maximum atomic E-state index is 4.38. The van der Waals surface area contributed by atoms with Crippen molar-refractivity contribution >= 4 is 11.8 Å². The molecule has 88 valence electrons. The first-order valence-electron chi connectivity index (χ1n) is 6.16. The summed E-state index contributed by atoms with van der Waals surface area (Å²) < 4.78 is 0. The average molecular weight is 220 g/mol. The highest BCUT2D eigenvalue weighted by Crippen LogP contribution is 2.20. The Kier molecular flexibility index (Phi) is 3.97. The van der Waals surface area contributed by atoms with Gasteiger partial charge in [-0.2, -0.15) is 4.98 Å². The first kappa shape index (κ1) is 11.2. The Morgan fingerprint density at radius 3 is 2.62 bits per heavy atom. The minimum Gasteiger partial charge on any atom is -0.367 e. The summed E-state index contributed by atoms with van der Waals surface area (Å²) in [5.74, 6) is 1.62. The lowest BCUT2D eigenvalue weighted by Gasteiger charge is -2.16. The molecule has 1 aromatic heterocycles. The summed E-state index contributed by atoms with van der Waals surface area (Å²) in [5, 5.41) is 6.46. The van der Waals surface area contributed by atoms with Crippen LogP contribution in [-0.4, -0.2) is 23.1 Å². The second-order valence-corrected chi connectivity index (χ2v) is 4.35. The number of aromatic nitrogens is 2. The fourth-order valence-corrected chi connectivity index (χ4v) is 2.19. The van der Waals surface area contributed by atoms with Crippen LogP contribution in [0.3, 0.4) is 0 Å². The Hall–Kier alpha value is -1.32. The Morgan fingerprint density at radius 2 is 1.94 bits per heavy atom. The van der Waals surface area contributed by atoms with E-state index in [1.165, 1.54) is 38.5 Å². The molecule has 1 heterocycles. The number of hydrogen-bond donors (Lipinski definition) is 2. The van der Waals surface area contributed by atoms with Crippen molar-refractivity contribution in [2.45, 2.75) is 44.6 Å². The second kappa shape index (κ2) is 5.68. The number of nitrogens with one attached hydrogen (secondary N) is 2. The highest BCUT2D eigenvalue weighted by Gasteiger charge is 2.12. The monoisotopic (exact) mass is 220 g/mol. The predicted molar refractivity (Wildman–Crippen MR) is 66.7 cm³/mol. The normalized spacial score (nSPS) is 17.8. The summed E-state index contributed by atoms with van der Waals surface area (Å²) in [6.07, 6.45) is 9.74. The van der Waals surface area contributed by atoms with Crippen LogP contribution in [0.25, 0.3) is 0 Å². The van der Waals surface area contributed by atoms with Crippen LogP contribution in [0.1, 0.15) is 38.5 Å². The number of hydrogen-bond acceptors (Lipinski definition) is 4. The molecule has 0 saturated heterocycles. The van der Waals surface area contributed by atoms with Crippen LogP contribution in [-0.2, 0) is 0 Å². The summed E-state index contributed by atoms with van der Waals surface area (Å²) in [6.45, 7) is 0.